The Morgan fingerprint density at radius 3 is 2.68 bits per heavy atom. The number of rotatable bonds is 9. The molecule has 0 atom stereocenters. The van der Waals surface area contributed by atoms with Gasteiger partial charge in [-0.25, -0.2) is 4.39 Å². The standard InChI is InChI=1S/C20H19FN4O2S/c1-2-12-25-18(13-27-17-11-7-6-10-16(17)21)23-24-20(25)28-14-19(26)22-15-8-4-3-5-9-15/h2-11H,1,12-14H2,(H,22,26). The van der Waals surface area contributed by atoms with Crippen molar-refractivity contribution in [1.82, 2.24) is 14.8 Å². The quantitative estimate of drug-likeness (QED) is 0.437. The Bertz CT molecular complexity index is 946. The molecule has 1 aromatic heterocycles. The molecule has 3 aromatic rings. The highest BCUT2D eigenvalue weighted by Gasteiger charge is 2.15. The number of hydrogen-bond acceptors (Lipinski definition) is 5. The van der Waals surface area contributed by atoms with E-state index in [1.165, 1.54) is 17.8 Å². The van der Waals surface area contributed by atoms with Crippen molar-refractivity contribution in [2.75, 3.05) is 11.1 Å². The van der Waals surface area contributed by atoms with Gasteiger partial charge in [0.1, 0.15) is 6.61 Å². The fourth-order valence-electron chi connectivity index (χ4n) is 2.40. The van der Waals surface area contributed by atoms with Gasteiger partial charge in [0.25, 0.3) is 0 Å². The molecule has 1 amide bonds. The zero-order chi connectivity index (χ0) is 19.8. The summed E-state index contributed by atoms with van der Waals surface area (Å²) < 4.78 is 21.0. The van der Waals surface area contributed by atoms with E-state index in [9.17, 15) is 9.18 Å². The third kappa shape index (κ3) is 5.20. The Morgan fingerprint density at radius 1 is 1.18 bits per heavy atom. The summed E-state index contributed by atoms with van der Waals surface area (Å²) >= 11 is 1.26. The molecule has 1 heterocycles. The number of aromatic nitrogens is 3. The van der Waals surface area contributed by atoms with Gasteiger partial charge in [0.2, 0.25) is 5.91 Å². The molecule has 0 fully saturated rings. The number of ether oxygens (including phenoxy) is 1. The molecule has 0 radical (unpaired) electrons. The summed E-state index contributed by atoms with van der Waals surface area (Å²) in [6, 6.07) is 15.4. The second kappa shape index (κ2) is 9.70. The molecule has 2 aromatic carbocycles. The predicted octanol–water partition coefficient (Wildman–Crippen LogP) is 3.91. The molecule has 0 spiro atoms. The largest absolute Gasteiger partial charge is 0.483 e. The first-order valence-corrected chi connectivity index (χ1v) is 9.54. The normalized spacial score (nSPS) is 10.5. The van der Waals surface area contributed by atoms with E-state index in [4.69, 9.17) is 4.74 Å². The molecule has 0 saturated heterocycles. The Hall–Kier alpha value is -3.13. The number of anilines is 1. The Morgan fingerprint density at radius 2 is 1.93 bits per heavy atom. The maximum Gasteiger partial charge on any atom is 0.234 e. The van der Waals surface area contributed by atoms with Gasteiger partial charge in [-0.05, 0) is 24.3 Å². The Kier molecular flexibility index (Phi) is 6.80. The van der Waals surface area contributed by atoms with E-state index in [1.54, 1.807) is 28.8 Å². The maximum absolute atomic E-state index is 13.7. The van der Waals surface area contributed by atoms with Crippen molar-refractivity contribution in [2.45, 2.75) is 18.3 Å². The molecular formula is C20H19FN4O2S. The fourth-order valence-corrected chi connectivity index (χ4v) is 3.16. The molecule has 6 nitrogen and oxygen atoms in total. The third-order valence-corrected chi connectivity index (χ3v) is 4.66. The van der Waals surface area contributed by atoms with Crippen LogP contribution in [-0.2, 0) is 17.9 Å². The van der Waals surface area contributed by atoms with Gasteiger partial charge in [0.15, 0.2) is 22.5 Å². The van der Waals surface area contributed by atoms with E-state index in [0.29, 0.717) is 17.5 Å². The van der Waals surface area contributed by atoms with Crippen LogP contribution in [0.3, 0.4) is 0 Å². The molecule has 3 rings (SSSR count). The number of carbonyl (C=O) groups excluding carboxylic acids is 1. The highest BCUT2D eigenvalue weighted by Crippen LogP contribution is 2.20. The molecule has 0 aliphatic heterocycles. The van der Waals surface area contributed by atoms with Crippen molar-refractivity contribution in [2.24, 2.45) is 0 Å². The van der Waals surface area contributed by atoms with Gasteiger partial charge in [-0.1, -0.05) is 48.2 Å². The lowest BCUT2D eigenvalue weighted by Crippen LogP contribution is -2.15. The van der Waals surface area contributed by atoms with E-state index < -0.39 is 5.82 Å². The molecule has 0 bridgehead atoms. The molecule has 144 valence electrons. The molecular weight excluding hydrogens is 379 g/mol. The van der Waals surface area contributed by atoms with Crippen LogP contribution in [0.5, 0.6) is 5.75 Å². The lowest BCUT2D eigenvalue weighted by Gasteiger charge is -2.09. The molecule has 28 heavy (non-hydrogen) atoms. The number of hydrogen-bond donors (Lipinski definition) is 1. The van der Waals surface area contributed by atoms with Crippen molar-refractivity contribution >= 4 is 23.4 Å². The minimum atomic E-state index is -0.440. The van der Waals surface area contributed by atoms with E-state index in [0.717, 1.165) is 5.69 Å². The van der Waals surface area contributed by atoms with Gasteiger partial charge < -0.3 is 10.1 Å². The summed E-state index contributed by atoms with van der Waals surface area (Å²) in [7, 11) is 0. The van der Waals surface area contributed by atoms with Crippen LogP contribution in [-0.4, -0.2) is 26.4 Å². The second-order valence-electron chi connectivity index (χ2n) is 5.72. The van der Waals surface area contributed by atoms with Gasteiger partial charge in [0, 0.05) is 12.2 Å². The Labute approximate surface area is 166 Å². The average Bonchev–Trinajstić information content (AvgIpc) is 3.08. The highest BCUT2D eigenvalue weighted by molar-refractivity contribution is 7.99. The first kappa shape index (κ1) is 19.6. The van der Waals surface area contributed by atoms with Crippen LogP contribution in [0.15, 0.2) is 72.4 Å². The number of para-hydroxylation sites is 2. The highest BCUT2D eigenvalue weighted by atomic mass is 32.2. The lowest BCUT2D eigenvalue weighted by molar-refractivity contribution is -0.113. The van der Waals surface area contributed by atoms with Crippen molar-refractivity contribution in [1.29, 1.82) is 0 Å². The molecule has 0 saturated carbocycles. The van der Waals surface area contributed by atoms with Crippen LogP contribution in [0, 0.1) is 5.82 Å². The predicted molar refractivity (Wildman–Crippen MR) is 107 cm³/mol. The van der Waals surface area contributed by atoms with Gasteiger partial charge >= 0.3 is 0 Å². The van der Waals surface area contributed by atoms with Crippen LogP contribution in [0.1, 0.15) is 5.82 Å². The summed E-state index contributed by atoms with van der Waals surface area (Å²) in [5.74, 6) is 0.261. The number of carbonyl (C=O) groups is 1. The average molecular weight is 398 g/mol. The summed E-state index contributed by atoms with van der Waals surface area (Å²) in [4.78, 5) is 12.1. The van der Waals surface area contributed by atoms with Gasteiger partial charge in [-0.2, -0.15) is 0 Å². The van der Waals surface area contributed by atoms with Crippen molar-refractivity contribution < 1.29 is 13.9 Å². The van der Waals surface area contributed by atoms with Crippen molar-refractivity contribution in [3.63, 3.8) is 0 Å². The number of halogens is 1. The molecule has 0 aliphatic carbocycles. The molecule has 1 N–H and O–H groups in total. The topological polar surface area (TPSA) is 69.0 Å². The number of allylic oxidation sites excluding steroid dienone is 1. The lowest BCUT2D eigenvalue weighted by atomic mass is 10.3. The van der Waals surface area contributed by atoms with E-state index in [2.05, 4.69) is 22.1 Å². The maximum atomic E-state index is 13.7. The van der Waals surface area contributed by atoms with Crippen LogP contribution >= 0.6 is 11.8 Å². The smallest absolute Gasteiger partial charge is 0.234 e. The summed E-state index contributed by atoms with van der Waals surface area (Å²) in [5, 5.41) is 11.6. The minimum absolute atomic E-state index is 0.0541. The van der Waals surface area contributed by atoms with Crippen LogP contribution < -0.4 is 10.1 Å². The molecule has 0 unspecified atom stereocenters. The van der Waals surface area contributed by atoms with E-state index >= 15 is 0 Å². The number of nitrogens with zero attached hydrogens (tertiary/aromatic N) is 3. The second-order valence-corrected chi connectivity index (χ2v) is 6.66. The van der Waals surface area contributed by atoms with Crippen molar-refractivity contribution in [3.05, 3.63) is 78.9 Å². The van der Waals surface area contributed by atoms with Crippen LogP contribution in [0.2, 0.25) is 0 Å². The van der Waals surface area contributed by atoms with Crippen LogP contribution in [0.25, 0.3) is 0 Å². The third-order valence-electron chi connectivity index (χ3n) is 3.69. The zero-order valence-corrected chi connectivity index (χ0v) is 15.9. The Balaban J connectivity index is 1.62. The number of amides is 1. The molecule has 8 heteroatoms. The van der Waals surface area contributed by atoms with Gasteiger partial charge in [-0.15, -0.1) is 16.8 Å². The van der Waals surface area contributed by atoms with Crippen molar-refractivity contribution in [3.8, 4) is 5.75 Å². The van der Waals surface area contributed by atoms with E-state index in [-0.39, 0.29) is 24.0 Å². The summed E-state index contributed by atoms with van der Waals surface area (Å²) in [6.07, 6.45) is 1.70. The van der Waals surface area contributed by atoms with Gasteiger partial charge in [-0.3, -0.25) is 9.36 Å². The number of thioether (sulfide) groups is 1. The fraction of sp³-hybridized carbons (Fsp3) is 0.150. The zero-order valence-electron chi connectivity index (χ0n) is 15.0. The minimum Gasteiger partial charge on any atom is -0.483 e. The van der Waals surface area contributed by atoms with Crippen LogP contribution in [0.4, 0.5) is 10.1 Å². The molecule has 0 aliphatic rings. The SMILES string of the molecule is C=CCn1c(COc2ccccc2F)nnc1SCC(=O)Nc1ccccc1. The number of benzene rings is 2. The summed E-state index contributed by atoms with van der Waals surface area (Å²) in [5.41, 5.74) is 0.736. The summed E-state index contributed by atoms with van der Waals surface area (Å²) in [6.45, 7) is 4.24. The monoisotopic (exact) mass is 398 g/mol. The first-order valence-electron chi connectivity index (χ1n) is 8.55. The van der Waals surface area contributed by atoms with Gasteiger partial charge in [0.05, 0.1) is 5.75 Å². The first-order chi connectivity index (χ1) is 13.7. The number of nitrogens with one attached hydrogen (secondary N) is 1. The van der Waals surface area contributed by atoms with E-state index in [1.807, 2.05) is 30.3 Å².